The molecule has 1 aromatic heterocycles. The van der Waals surface area contributed by atoms with Crippen LogP contribution in [0, 0.1) is 0 Å². The Hall–Kier alpha value is -2.08. The molecule has 2 aromatic rings. The van der Waals surface area contributed by atoms with Crippen LogP contribution in [-0.4, -0.2) is 24.3 Å². The summed E-state index contributed by atoms with van der Waals surface area (Å²) in [4.78, 5) is 3.90. The van der Waals surface area contributed by atoms with Crippen molar-refractivity contribution in [1.29, 1.82) is 0 Å². The normalized spacial score (nSPS) is 10.3. The molecule has 0 atom stereocenters. The van der Waals surface area contributed by atoms with Crippen LogP contribution >= 0.6 is 0 Å². The highest BCUT2D eigenvalue weighted by molar-refractivity contribution is 5.40. The van der Waals surface area contributed by atoms with Crippen molar-refractivity contribution < 1.29 is 14.0 Å². The highest BCUT2D eigenvalue weighted by Gasteiger charge is 2.07. The van der Waals surface area contributed by atoms with Crippen molar-refractivity contribution >= 4 is 0 Å². The second-order valence-corrected chi connectivity index (χ2v) is 3.64. The van der Waals surface area contributed by atoms with E-state index in [1.54, 1.807) is 7.11 Å². The quantitative estimate of drug-likeness (QED) is 0.834. The molecule has 96 valence electrons. The maximum Gasteiger partial charge on any atom is 0.213 e. The van der Waals surface area contributed by atoms with Gasteiger partial charge in [0.2, 0.25) is 12.2 Å². The lowest BCUT2D eigenvalue weighted by Crippen LogP contribution is -2.08. The Balaban J connectivity index is 2.12. The molecule has 0 fully saturated rings. The topological polar surface area (TPSA) is 69.4 Å². The molecule has 0 aliphatic rings. The molecule has 0 bridgehead atoms. The van der Waals surface area contributed by atoms with Gasteiger partial charge in [0.15, 0.2) is 6.61 Å². The van der Waals surface area contributed by atoms with Gasteiger partial charge in [-0.1, -0.05) is 11.2 Å². The first-order chi connectivity index (χ1) is 8.83. The van der Waals surface area contributed by atoms with Gasteiger partial charge in [0.25, 0.3) is 0 Å². The summed E-state index contributed by atoms with van der Waals surface area (Å²) < 4.78 is 15.5. The Morgan fingerprint density at radius 1 is 1.39 bits per heavy atom. The summed E-state index contributed by atoms with van der Waals surface area (Å²) in [7, 11) is 3.50. The number of benzene rings is 1. The van der Waals surface area contributed by atoms with Gasteiger partial charge in [0.05, 0.1) is 7.11 Å². The van der Waals surface area contributed by atoms with Crippen molar-refractivity contribution in [3.63, 3.8) is 0 Å². The maximum absolute atomic E-state index is 5.67. The van der Waals surface area contributed by atoms with E-state index in [2.05, 4.69) is 20.0 Å². The number of hydrogen-bond acceptors (Lipinski definition) is 6. The molecule has 0 unspecified atom stereocenters. The minimum atomic E-state index is 0.264. The number of methoxy groups -OCH3 is 1. The zero-order valence-corrected chi connectivity index (χ0v) is 10.3. The number of ether oxygens (including phenoxy) is 2. The third-order valence-corrected chi connectivity index (χ3v) is 2.41. The van der Waals surface area contributed by atoms with Crippen LogP contribution in [0.3, 0.4) is 0 Å². The van der Waals surface area contributed by atoms with Crippen LogP contribution in [-0.2, 0) is 13.2 Å². The minimum absolute atomic E-state index is 0.264. The van der Waals surface area contributed by atoms with Gasteiger partial charge in [-0.3, -0.25) is 0 Å². The maximum atomic E-state index is 5.67. The van der Waals surface area contributed by atoms with Gasteiger partial charge < -0.3 is 19.3 Å². The summed E-state index contributed by atoms with van der Waals surface area (Å²) in [6, 6.07) is 5.70. The van der Waals surface area contributed by atoms with Crippen molar-refractivity contribution in [2.45, 2.75) is 13.2 Å². The first-order valence-electron chi connectivity index (χ1n) is 5.53. The molecule has 0 saturated heterocycles. The largest absolute Gasteiger partial charge is 0.497 e. The van der Waals surface area contributed by atoms with E-state index >= 15 is 0 Å². The fraction of sp³-hybridized carbons (Fsp3) is 0.333. The molecule has 1 aromatic carbocycles. The Morgan fingerprint density at radius 2 is 2.28 bits per heavy atom. The Kier molecular flexibility index (Phi) is 4.14. The fourth-order valence-electron chi connectivity index (χ4n) is 1.53. The van der Waals surface area contributed by atoms with E-state index in [1.807, 2.05) is 25.2 Å². The molecule has 2 rings (SSSR count). The molecule has 0 aliphatic heterocycles. The van der Waals surface area contributed by atoms with Crippen molar-refractivity contribution in [2.75, 3.05) is 14.2 Å². The lowest BCUT2D eigenvalue weighted by atomic mass is 10.2. The number of nitrogens with zero attached hydrogens (tertiary/aromatic N) is 2. The number of rotatable bonds is 6. The summed E-state index contributed by atoms with van der Waals surface area (Å²) in [6.07, 6.45) is 1.28. The summed E-state index contributed by atoms with van der Waals surface area (Å²) in [5.41, 5.74) is 1.04. The van der Waals surface area contributed by atoms with Gasteiger partial charge in [-0.25, -0.2) is 0 Å². The third kappa shape index (κ3) is 2.98. The standard InChI is InChI=1S/C12H15N3O3/c1-13-6-9-3-4-10(16-2)5-11(9)17-7-12-14-8-18-15-12/h3-5,8,13H,6-7H2,1-2H3. The summed E-state index contributed by atoms with van der Waals surface area (Å²) in [5, 5.41) is 6.78. The van der Waals surface area contributed by atoms with Crippen molar-refractivity contribution in [2.24, 2.45) is 0 Å². The first-order valence-corrected chi connectivity index (χ1v) is 5.53. The van der Waals surface area contributed by atoms with Crippen molar-refractivity contribution in [1.82, 2.24) is 15.5 Å². The smallest absolute Gasteiger partial charge is 0.213 e. The molecular formula is C12H15N3O3. The Labute approximate surface area is 105 Å². The van der Waals surface area contributed by atoms with Crippen LogP contribution in [0.1, 0.15) is 11.4 Å². The molecule has 0 radical (unpaired) electrons. The zero-order valence-electron chi connectivity index (χ0n) is 10.3. The number of aromatic nitrogens is 2. The molecule has 6 heteroatoms. The van der Waals surface area contributed by atoms with Gasteiger partial charge in [-0.2, -0.15) is 4.98 Å². The molecule has 0 spiro atoms. The van der Waals surface area contributed by atoms with Crippen LogP contribution < -0.4 is 14.8 Å². The lowest BCUT2D eigenvalue weighted by molar-refractivity contribution is 0.281. The highest BCUT2D eigenvalue weighted by atomic mass is 16.5. The van der Waals surface area contributed by atoms with Crippen LogP contribution in [0.25, 0.3) is 0 Å². The number of nitrogens with one attached hydrogen (secondary N) is 1. The average Bonchev–Trinajstić information content (AvgIpc) is 2.91. The van der Waals surface area contributed by atoms with E-state index < -0.39 is 0 Å². The van der Waals surface area contributed by atoms with Crippen LogP contribution in [0.15, 0.2) is 29.1 Å². The van der Waals surface area contributed by atoms with Gasteiger partial charge in [-0.15, -0.1) is 0 Å². The van der Waals surface area contributed by atoms with Gasteiger partial charge in [0.1, 0.15) is 11.5 Å². The summed E-state index contributed by atoms with van der Waals surface area (Å²) >= 11 is 0. The van der Waals surface area contributed by atoms with Crippen molar-refractivity contribution in [3.05, 3.63) is 36.0 Å². The molecule has 0 saturated carbocycles. The van der Waals surface area contributed by atoms with E-state index in [-0.39, 0.29) is 6.61 Å². The predicted molar refractivity (Wildman–Crippen MR) is 64.4 cm³/mol. The van der Waals surface area contributed by atoms with E-state index in [9.17, 15) is 0 Å². The highest BCUT2D eigenvalue weighted by Crippen LogP contribution is 2.25. The molecule has 6 nitrogen and oxygen atoms in total. The van der Waals surface area contributed by atoms with E-state index in [0.717, 1.165) is 17.1 Å². The lowest BCUT2D eigenvalue weighted by Gasteiger charge is -2.11. The number of hydrogen-bond donors (Lipinski definition) is 1. The zero-order chi connectivity index (χ0) is 12.8. The van der Waals surface area contributed by atoms with Gasteiger partial charge >= 0.3 is 0 Å². The van der Waals surface area contributed by atoms with Crippen LogP contribution in [0.2, 0.25) is 0 Å². The minimum Gasteiger partial charge on any atom is -0.497 e. The molecule has 0 amide bonds. The van der Waals surface area contributed by atoms with Gasteiger partial charge in [-0.05, 0) is 13.1 Å². The van der Waals surface area contributed by atoms with E-state index in [4.69, 9.17) is 9.47 Å². The molecular weight excluding hydrogens is 234 g/mol. The second-order valence-electron chi connectivity index (χ2n) is 3.64. The molecule has 1 heterocycles. The third-order valence-electron chi connectivity index (χ3n) is 2.41. The average molecular weight is 249 g/mol. The predicted octanol–water partition coefficient (Wildman–Crippen LogP) is 1.38. The molecule has 0 aliphatic carbocycles. The first kappa shape index (κ1) is 12.4. The van der Waals surface area contributed by atoms with Crippen molar-refractivity contribution in [3.8, 4) is 11.5 Å². The monoisotopic (exact) mass is 249 g/mol. The second kappa shape index (κ2) is 6.02. The summed E-state index contributed by atoms with van der Waals surface area (Å²) in [6.45, 7) is 0.978. The van der Waals surface area contributed by atoms with Crippen LogP contribution in [0.5, 0.6) is 11.5 Å². The van der Waals surface area contributed by atoms with Gasteiger partial charge in [0, 0.05) is 18.2 Å². The fourth-order valence-corrected chi connectivity index (χ4v) is 1.53. The molecule has 18 heavy (non-hydrogen) atoms. The Bertz CT molecular complexity index is 485. The van der Waals surface area contributed by atoms with Crippen LogP contribution in [0.4, 0.5) is 0 Å². The summed E-state index contributed by atoms with van der Waals surface area (Å²) in [5.74, 6) is 2.00. The molecule has 1 N–H and O–H groups in total. The van der Waals surface area contributed by atoms with E-state index in [1.165, 1.54) is 6.39 Å². The van der Waals surface area contributed by atoms with E-state index in [0.29, 0.717) is 12.4 Å². The Morgan fingerprint density at radius 3 is 2.94 bits per heavy atom. The SMILES string of the molecule is CNCc1ccc(OC)cc1OCc1ncon1.